The van der Waals surface area contributed by atoms with Gasteiger partial charge in [-0.15, -0.1) is 0 Å². The molecule has 4 nitrogen and oxygen atoms in total. The summed E-state index contributed by atoms with van der Waals surface area (Å²) in [4.78, 5) is 23.6. The molecule has 0 aromatic rings. The smallest absolute Gasteiger partial charge is 0.308 e. The Kier molecular flexibility index (Phi) is 1.98. The van der Waals surface area contributed by atoms with Crippen LogP contribution in [0.4, 0.5) is 0 Å². The largest absolute Gasteiger partial charge is 0.481 e. The van der Waals surface area contributed by atoms with Gasteiger partial charge in [0.25, 0.3) is 0 Å². The molecule has 2 rings (SSSR count). The Morgan fingerprint density at radius 1 is 1.54 bits per heavy atom. The lowest BCUT2D eigenvalue weighted by Gasteiger charge is -2.14. The first-order valence-corrected chi connectivity index (χ1v) is 4.67. The van der Waals surface area contributed by atoms with Crippen molar-refractivity contribution < 1.29 is 14.7 Å². The fourth-order valence-electron chi connectivity index (χ4n) is 1.73. The number of nitrogens with zero attached hydrogens (tertiary/aromatic N) is 1. The molecule has 2 fully saturated rings. The van der Waals surface area contributed by atoms with Gasteiger partial charge in [0.15, 0.2) is 0 Å². The monoisotopic (exact) mass is 183 g/mol. The highest BCUT2D eigenvalue weighted by Crippen LogP contribution is 2.31. The van der Waals surface area contributed by atoms with Crippen LogP contribution in [0.1, 0.15) is 19.3 Å². The molecule has 0 radical (unpaired) electrons. The third-order valence-electron chi connectivity index (χ3n) is 2.74. The SMILES string of the molecule is O=C(O)C1CC(=O)N(CC2CC2)C1. The summed E-state index contributed by atoms with van der Waals surface area (Å²) in [5, 5.41) is 8.72. The number of hydrogen-bond acceptors (Lipinski definition) is 2. The minimum absolute atomic E-state index is 0.0132. The van der Waals surface area contributed by atoms with Crippen LogP contribution in [0.3, 0.4) is 0 Å². The van der Waals surface area contributed by atoms with Gasteiger partial charge in [-0.05, 0) is 18.8 Å². The third-order valence-corrected chi connectivity index (χ3v) is 2.74. The minimum Gasteiger partial charge on any atom is -0.481 e. The van der Waals surface area contributed by atoms with Gasteiger partial charge in [-0.1, -0.05) is 0 Å². The molecular formula is C9H13NO3. The Balaban J connectivity index is 1.90. The van der Waals surface area contributed by atoms with E-state index < -0.39 is 11.9 Å². The molecule has 1 aliphatic carbocycles. The van der Waals surface area contributed by atoms with Gasteiger partial charge in [-0.3, -0.25) is 9.59 Å². The molecule has 0 aromatic carbocycles. The fraction of sp³-hybridized carbons (Fsp3) is 0.778. The van der Waals surface area contributed by atoms with Crippen LogP contribution >= 0.6 is 0 Å². The Labute approximate surface area is 76.5 Å². The summed E-state index contributed by atoms with van der Waals surface area (Å²) in [5.74, 6) is -0.645. The number of hydrogen-bond donors (Lipinski definition) is 1. The van der Waals surface area contributed by atoms with Gasteiger partial charge in [0.2, 0.25) is 5.91 Å². The van der Waals surface area contributed by atoms with Gasteiger partial charge < -0.3 is 10.0 Å². The van der Waals surface area contributed by atoms with Crippen LogP contribution in [0.2, 0.25) is 0 Å². The maximum Gasteiger partial charge on any atom is 0.308 e. The highest BCUT2D eigenvalue weighted by Gasteiger charge is 2.36. The third kappa shape index (κ3) is 1.82. The van der Waals surface area contributed by atoms with E-state index in [0.717, 1.165) is 6.54 Å². The Morgan fingerprint density at radius 2 is 2.23 bits per heavy atom. The molecule has 0 bridgehead atoms. The first-order valence-electron chi connectivity index (χ1n) is 4.67. The number of amides is 1. The van der Waals surface area contributed by atoms with E-state index in [1.54, 1.807) is 4.90 Å². The molecule has 1 N–H and O–H groups in total. The molecule has 1 atom stereocenters. The molecule has 1 saturated heterocycles. The first-order chi connectivity index (χ1) is 6.16. The standard InChI is InChI=1S/C9H13NO3/c11-8-3-7(9(12)13)5-10(8)4-6-1-2-6/h6-7H,1-5H2,(H,12,13). The van der Waals surface area contributed by atoms with Crippen LogP contribution in [0, 0.1) is 11.8 Å². The van der Waals surface area contributed by atoms with Crippen molar-refractivity contribution >= 4 is 11.9 Å². The number of rotatable bonds is 3. The normalized spacial score (nSPS) is 28.2. The van der Waals surface area contributed by atoms with Crippen molar-refractivity contribution in [3.8, 4) is 0 Å². The summed E-state index contributed by atoms with van der Waals surface area (Å²) in [6.07, 6.45) is 2.59. The highest BCUT2D eigenvalue weighted by molar-refractivity contribution is 5.86. The summed E-state index contributed by atoms with van der Waals surface area (Å²) >= 11 is 0. The second-order valence-electron chi connectivity index (χ2n) is 3.98. The van der Waals surface area contributed by atoms with E-state index in [0.29, 0.717) is 12.5 Å². The van der Waals surface area contributed by atoms with Crippen molar-refractivity contribution in [2.75, 3.05) is 13.1 Å². The Hall–Kier alpha value is -1.06. The molecule has 4 heteroatoms. The molecule has 1 amide bonds. The Morgan fingerprint density at radius 3 is 2.69 bits per heavy atom. The molecular weight excluding hydrogens is 170 g/mol. The molecule has 1 aliphatic heterocycles. The molecule has 72 valence electrons. The van der Waals surface area contributed by atoms with Crippen molar-refractivity contribution in [2.45, 2.75) is 19.3 Å². The minimum atomic E-state index is -0.841. The number of carbonyl (C=O) groups is 2. The lowest BCUT2D eigenvalue weighted by atomic mass is 10.1. The zero-order valence-corrected chi connectivity index (χ0v) is 7.40. The quantitative estimate of drug-likeness (QED) is 0.686. The maximum absolute atomic E-state index is 11.3. The molecule has 13 heavy (non-hydrogen) atoms. The predicted octanol–water partition coefficient (Wildman–Crippen LogP) is 0.329. The second-order valence-corrected chi connectivity index (χ2v) is 3.98. The summed E-state index contributed by atoms with van der Waals surface area (Å²) < 4.78 is 0. The van der Waals surface area contributed by atoms with Crippen LogP contribution in [0.5, 0.6) is 0 Å². The van der Waals surface area contributed by atoms with Gasteiger partial charge in [0.05, 0.1) is 5.92 Å². The number of likely N-dealkylation sites (tertiary alicyclic amines) is 1. The van der Waals surface area contributed by atoms with E-state index in [1.165, 1.54) is 12.8 Å². The van der Waals surface area contributed by atoms with Crippen molar-refractivity contribution in [2.24, 2.45) is 11.8 Å². The van der Waals surface area contributed by atoms with E-state index in [9.17, 15) is 9.59 Å². The lowest BCUT2D eigenvalue weighted by Crippen LogP contribution is -2.28. The van der Waals surface area contributed by atoms with Crippen LogP contribution in [0.15, 0.2) is 0 Å². The maximum atomic E-state index is 11.3. The van der Waals surface area contributed by atoms with Crippen molar-refractivity contribution in [1.29, 1.82) is 0 Å². The van der Waals surface area contributed by atoms with Gasteiger partial charge in [-0.2, -0.15) is 0 Å². The molecule has 2 aliphatic rings. The number of aliphatic carboxylic acids is 1. The van der Waals surface area contributed by atoms with Crippen LogP contribution in [-0.4, -0.2) is 35.0 Å². The molecule has 1 unspecified atom stereocenters. The molecule has 1 heterocycles. The summed E-state index contributed by atoms with van der Waals surface area (Å²) in [6.45, 7) is 1.20. The van der Waals surface area contributed by atoms with Crippen molar-refractivity contribution in [1.82, 2.24) is 4.90 Å². The van der Waals surface area contributed by atoms with E-state index in [1.807, 2.05) is 0 Å². The predicted molar refractivity (Wildman–Crippen MR) is 45.0 cm³/mol. The number of carboxylic acid groups (broad SMARTS) is 1. The van der Waals surface area contributed by atoms with Gasteiger partial charge >= 0.3 is 5.97 Å². The average Bonchev–Trinajstić information content (AvgIpc) is 2.78. The molecule has 0 aromatic heterocycles. The highest BCUT2D eigenvalue weighted by atomic mass is 16.4. The van der Waals surface area contributed by atoms with Crippen LogP contribution in [0.25, 0.3) is 0 Å². The topological polar surface area (TPSA) is 57.6 Å². The first kappa shape index (κ1) is 8.53. The second kappa shape index (κ2) is 3.01. The van der Waals surface area contributed by atoms with E-state index in [2.05, 4.69) is 0 Å². The van der Waals surface area contributed by atoms with Crippen LogP contribution in [-0.2, 0) is 9.59 Å². The van der Waals surface area contributed by atoms with E-state index >= 15 is 0 Å². The average molecular weight is 183 g/mol. The van der Waals surface area contributed by atoms with Crippen molar-refractivity contribution in [3.05, 3.63) is 0 Å². The number of carbonyl (C=O) groups excluding carboxylic acids is 1. The van der Waals surface area contributed by atoms with Gasteiger partial charge in [0, 0.05) is 19.5 Å². The molecule has 1 saturated carbocycles. The zero-order chi connectivity index (χ0) is 9.42. The zero-order valence-electron chi connectivity index (χ0n) is 7.40. The lowest BCUT2D eigenvalue weighted by molar-refractivity contribution is -0.141. The molecule has 0 spiro atoms. The van der Waals surface area contributed by atoms with Gasteiger partial charge in [-0.25, -0.2) is 0 Å². The van der Waals surface area contributed by atoms with E-state index in [-0.39, 0.29) is 12.3 Å². The number of carboxylic acids is 1. The fourth-order valence-corrected chi connectivity index (χ4v) is 1.73. The van der Waals surface area contributed by atoms with Crippen LogP contribution < -0.4 is 0 Å². The summed E-state index contributed by atoms with van der Waals surface area (Å²) in [7, 11) is 0. The Bertz CT molecular complexity index is 247. The van der Waals surface area contributed by atoms with Gasteiger partial charge in [0.1, 0.15) is 0 Å². The summed E-state index contributed by atoms with van der Waals surface area (Å²) in [5.41, 5.74) is 0. The van der Waals surface area contributed by atoms with E-state index in [4.69, 9.17) is 5.11 Å². The van der Waals surface area contributed by atoms with Crippen molar-refractivity contribution in [3.63, 3.8) is 0 Å². The summed E-state index contributed by atoms with van der Waals surface area (Å²) in [6, 6.07) is 0.